The maximum absolute atomic E-state index is 12.7. The molecular weight excluding hydrogens is 274 g/mol. The van der Waals surface area contributed by atoms with Crippen LogP contribution in [0.25, 0.3) is 0 Å². The highest BCUT2D eigenvalue weighted by molar-refractivity contribution is 6.34. The van der Waals surface area contributed by atoms with E-state index in [1.807, 2.05) is 23.2 Å². The summed E-state index contributed by atoms with van der Waals surface area (Å²) in [7, 11) is 0. The van der Waals surface area contributed by atoms with Gasteiger partial charge in [0.15, 0.2) is 0 Å². The molecule has 20 heavy (non-hydrogen) atoms. The van der Waals surface area contributed by atoms with Gasteiger partial charge < -0.3 is 15.6 Å². The van der Waals surface area contributed by atoms with Gasteiger partial charge in [-0.3, -0.25) is 4.79 Å². The smallest absolute Gasteiger partial charge is 0.255 e. The van der Waals surface area contributed by atoms with Crippen molar-refractivity contribution in [1.29, 1.82) is 0 Å². The van der Waals surface area contributed by atoms with E-state index >= 15 is 0 Å². The van der Waals surface area contributed by atoms with E-state index in [4.69, 9.17) is 17.3 Å². The van der Waals surface area contributed by atoms with Crippen LogP contribution in [0.15, 0.2) is 36.5 Å². The molecule has 5 heteroatoms. The molecule has 1 aliphatic heterocycles. The second kappa shape index (κ2) is 5.21. The third-order valence-electron chi connectivity index (χ3n) is 3.72. The summed E-state index contributed by atoms with van der Waals surface area (Å²) in [5, 5.41) is 0.409. The van der Waals surface area contributed by atoms with E-state index in [9.17, 15) is 4.79 Å². The summed E-state index contributed by atoms with van der Waals surface area (Å²) in [5.74, 6) is -0.0351. The molecule has 2 aromatic rings. The number of hydrogen-bond acceptors (Lipinski definition) is 2. The number of halogens is 1. The predicted molar refractivity (Wildman–Crippen MR) is 79.7 cm³/mol. The van der Waals surface area contributed by atoms with Crippen LogP contribution in [0.2, 0.25) is 5.02 Å². The number of nitrogens with zero attached hydrogens (tertiary/aromatic N) is 1. The molecule has 0 aliphatic carbocycles. The zero-order valence-corrected chi connectivity index (χ0v) is 11.7. The van der Waals surface area contributed by atoms with Crippen molar-refractivity contribution in [3.63, 3.8) is 0 Å². The molecule has 1 saturated heterocycles. The van der Waals surface area contributed by atoms with E-state index in [-0.39, 0.29) is 11.9 Å². The maximum atomic E-state index is 12.7. The van der Waals surface area contributed by atoms with Gasteiger partial charge in [0.25, 0.3) is 5.91 Å². The molecule has 1 amide bonds. The first kappa shape index (κ1) is 13.1. The number of rotatable bonds is 2. The second-order valence-corrected chi connectivity index (χ2v) is 5.43. The van der Waals surface area contributed by atoms with Crippen molar-refractivity contribution in [3.8, 4) is 0 Å². The molecule has 0 radical (unpaired) electrons. The molecule has 0 bridgehead atoms. The van der Waals surface area contributed by atoms with E-state index in [2.05, 4.69) is 4.98 Å². The largest absolute Gasteiger partial charge is 0.399 e. The van der Waals surface area contributed by atoms with Crippen LogP contribution < -0.4 is 5.73 Å². The molecule has 3 N–H and O–H groups in total. The van der Waals surface area contributed by atoms with Crippen molar-refractivity contribution in [2.24, 2.45) is 0 Å². The SMILES string of the molecule is Nc1ccc(C(=O)N2CCCC2c2ccc[nH]2)c(Cl)c1. The average molecular weight is 290 g/mol. The van der Waals surface area contributed by atoms with Crippen LogP contribution >= 0.6 is 11.6 Å². The number of amides is 1. The summed E-state index contributed by atoms with van der Waals surface area (Å²) in [5.41, 5.74) is 7.82. The molecule has 1 aliphatic rings. The maximum Gasteiger partial charge on any atom is 0.255 e. The van der Waals surface area contributed by atoms with Crippen molar-refractivity contribution in [2.45, 2.75) is 18.9 Å². The van der Waals surface area contributed by atoms with Gasteiger partial charge in [-0.2, -0.15) is 0 Å². The number of H-pyrrole nitrogens is 1. The number of carbonyl (C=O) groups is 1. The Bertz CT molecular complexity index is 624. The summed E-state index contributed by atoms with van der Waals surface area (Å²) in [6.07, 6.45) is 3.85. The lowest BCUT2D eigenvalue weighted by Gasteiger charge is -2.24. The number of nitrogens with two attached hydrogens (primary N) is 1. The number of likely N-dealkylation sites (tertiary alicyclic amines) is 1. The fourth-order valence-corrected chi connectivity index (χ4v) is 3.01. The summed E-state index contributed by atoms with van der Waals surface area (Å²) in [4.78, 5) is 17.7. The van der Waals surface area contributed by atoms with Gasteiger partial charge in [0.2, 0.25) is 0 Å². The highest BCUT2D eigenvalue weighted by Gasteiger charge is 2.31. The normalized spacial score (nSPS) is 18.4. The van der Waals surface area contributed by atoms with Gasteiger partial charge in [0.1, 0.15) is 0 Å². The Balaban J connectivity index is 1.89. The monoisotopic (exact) mass is 289 g/mol. The first-order chi connectivity index (χ1) is 9.66. The fourth-order valence-electron chi connectivity index (χ4n) is 2.74. The van der Waals surface area contributed by atoms with Gasteiger partial charge in [-0.1, -0.05) is 11.6 Å². The lowest BCUT2D eigenvalue weighted by molar-refractivity contribution is 0.0733. The average Bonchev–Trinajstić information content (AvgIpc) is 3.09. The molecule has 1 unspecified atom stereocenters. The minimum absolute atomic E-state index is 0.0351. The molecule has 3 rings (SSSR count). The Labute approximate surface area is 122 Å². The standard InChI is InChI=1S/C15H16ClN3O/c16-12-9-10(17)5-6-11(12)15(20)19-8-2-4-14(19)13-3-1-7-18-13/h1,3,5-7,9,14,18H,2,4,8,17H2. The number of anilines is 1. The van der Waals surface area contributed by atoms with Crippen LogP contribution in [-0.4, -0.2) is 22.3 Å². The molecule has 1 atom stereocenters. The van der Waals surface area contributed by atoms with Crippen LogP contribution in [0.3, 0.4) is 0 Å². The summed E-state index contributed by atoms with van der Waals surface area (Å²) in [6, 6.07) is 9.09. The van der Waals surface area contributed by atoms with Gasteiger partial charge in [-0.25, -0.2) is 0 Å². The molecule has 104 valence electrons. The lowest BCUT2D eigenvalue weighted by Crippen LogP contribution is -2.30. The Kier molecular flexibility index (Phi) is 3.40. The van der Waals surface area contributed by atoms with E-state index in [1.54, 1.807) is 18.2 Å². The van der Waals surface area contributed by atoms with E-state index in [0.29, 0.717) is 16.3 Å². The quantitative estimate of drug-likeness (QED) is 0.834. The zero-order valence-electron chi connectivity index (χ0n) is 11.0. The van der Waals surface area contributed by atoms with Crippen molar-refractivity contribution in [2.75, 3.05) is 12.3 Å². The number of benzene rings is 1. The summed E-state index contributed by atoms with van der Waals surface area (Å²) >= 11 is 6.14. The molecular formula is C15H16ClN3O. The van der Waals surface area contributed by atoms with E-state index in [1.165, 1.54) is 0 Å². The molecule has 0 saturated carbocycles. The Hall–Kier alpha value is -1.94. The van der Waals surface area contributed by atoms with Gasteiger partial charge in [0.05, 0.1) is 16.6 Å². The molecule has 1 aromatic carbocycles. The Morgan fingerprint density at radius 3 is 2.95 bits per heavy atom. The summed E-state index contributed by atoms with van der Waals surface area (Å²) < 4.78 is 0. The topological polar surface area (TPSA) is 62.1 Å². The number of aromatic amines is 1. The second-order valence-electron chi connectivity index (χ2n) is 5.02. The number of nitrogens with one attached hydrogen (secondary N) is 1. The highest BCUT2D eigenvalue weighted by atomic mass is 35.5. The van der Waals surface area contributed by atoms with Crippen molar-refractivity contribution >= 4 is 23.2 Å². The van der Waals surface area contributed by atoms with Gasteiger partial charge in [-0.05, 0) is 43.2 Å². The third-order valence-corrected chi connectivity index (χ3v) is 4.03. The molecule has 2 heterocycles. The molecule has 4 nitrogen and oxygen atoms in total. The number of hydrogen-bond donors (Lipinski definition) is 2. The van der Waals surface area contributed by atoms with Crippen molar-refractivity contribution < 1.29 is 4.79 Å². The molecule has 0 spiro atoms. The fraction of sp³-hybridized carbons (Fsp3) is 0.267. The Morgan fingerprint density at radius 1 is 1.40 bits per heavy atom. The summed E-state index contributed by atoms with van der Waals surface area (Å²) in [6.45, 7) is 0.753. The Morgan fingerprint density at radius 2 is 2.25 bits per heavy atom. The third kappa shape index (κ3) is 2.27. The van der Waals surface area contributed by atoms with Crippen LogP contribution in [0.1, 0.15) is 34.9 Å². The van der Waals surface area contributed by atoms with Crippen LogP contribution in [0.5, 0.6) is 0 Å². The minimum Gasteiger partial charge on any atom is -0.399 e. The van der Waals surface area contributed by atoms with Crippen molar-refractivity contribution in [3.05, 3.63) is 52.8 Å². The predicted octanol–water partition coefficient (Wildman–Crippen LogP) is 3.23. The van der Waals surface area contributed by atoms with Gasteiger partial charge >= 0.3 is 0 Å². The highest BCUT2D eigenvalue weighted by Crippen LogP contribution is 2.33. The van der Waals surface area contributed by atoms with Crippen molar-refractivity contribution in [1.82, 2.24) is 9.88 Å². The first-order valence-electron chi connectivity index (χ1n) is 6.66. The minimum atomic E-state index is -0.0351. The van der Waals surface area contributed by atoms with E-state index in [0.717, 1.165) is 25.1 Å². The molecule has 1 aromatic heterocycles. The first-order valence-corrected chi connectivity index (χ1v) is 7.04. The number of carbonyl (C=O) groups excluding carboxylic acids is 1. The zero-order chi connectivity index (χ0) is 14.1. The van der Waals surface area contributed by atoms with Crippen LogP contribution in [0.4, 0.5) is 5.69 Å². The van der Waals surface area contributed by atoms with Gasteiger partial charge in [0, 0.05) is 24.1 Å². The number of nitrogen functional groups attached to an aromatic ring is 1. The number of aromatic nitrogens is 1. The lowest BCUT2D eigenvalue weighted by atomic mass is 10.1. The van der Waals surface area contributed by atoms with E-state index < -0.39 is 0 Å². The van der Waals surface area contributed by atoms with Gasteiger partial charge in [-0.15, -0.1) is 0 Å². The molecule has 1 fully saturated rings. The van der Waals surface area contributed by atoms with Crippen LogP contribution in [0, 0.1) is 0 Å². The van der Waals surface area contributed by atoms with Crippen LogP contribution in [-0.2, 0) is 0 Å².